The predicted molar refractivity (Wildman–Crippen MR) is 71.5 cm³/mol. The summed E-state index contributed by atoms with van der Waals surface area (Å²) in [7, 11) is 0. The Bertz CT molecular complexity index is 516. The van der Waals surface area contributed by atoms with Crippen LogP contribution in [0.4, 0.5) is 4.39 Å². The van der Waals surface area contributed by atoms with Crippen molar-refractivity contribution < 1.29 is 18.7 Å². The molecule has 1 atom stereocenters. The summed E-state index contributed by atoms with van der Waals surface area (Å²) in [4.78, 5) is 23.0. The van der Waals surface area contributed by atoms with Crippen LogP contribution in [0.5, 0.6) is 0 Å². The molecule has 0 saturated heterocycles. The summed E-state index contributed by atoms with van der Waals surface area (Å²) in [5, 5.41) is 2.88. The van der Waals surface area contributed by atoms with E-state index in [1.165, 1.54) is 12.1 Å². The van der Waals surface area contributed by atoms with E-state index in [2.05, 4.69) is 5.32 Å². The van der Waals surface area contributed by atoms with Crippen molar-refractivity contribution in [2.24, 2.45) is 0 Å². The second-order valence-electron chi connectivity index (χ2n) is 4.81. The molecule has 20 heavy (non-hydrogen) atoms. The van der Waals surface area contributed by atoms with Crippen molar-refractivity contribution in [3.8, 4) is 0 Å². The molecule has 0 aliphatic heterocycles. The molecular weight excluding hydrogens is 261 g/mol. The largest absolute Gasteiger partial charge is 0.466 e. The van der Waals surface area contributed by atoms with Gasteiger partial charge in [0.2, 0.25) is 5.91 Å². The first-order chi connectivity index (χ1) is 9.60. The highest BCUT2D eigenvalue weighted by atomic mass is 19.1. The van der Waals surface area contributed by atoms with E-state index in [4.69, 9.17) is 4.74 Å². The van der Waals surface area contributed by atoms with Crippen LogP contribution in [0.2, 0.25) is 0 Å². The molecule has 0 fully saturated rings. The summed E-state index contributed by atoms with van der Waals surface area (Å²) in [6.45, 7) is 2.05. The maximum Gasteiger partial charge on any atom is 0.306 e. The van der Waals surface area contributed by atoms with Crippen LogP contribution in [0.15, 0.2) is 18.2 Å². The van der Waals surface area contributed by atoms with Gasteiger partial charge >= 0.3 is 5.97 Å². The molecule has 4 nitrogen and oxygen atoms in total. The van der Waals surface area contributed by atoms with Crippen LogP contribution < -0.4 is 5.32 Å². The monoisotopic (exact) mass is 279 g/mol. The van der Waals surface area contributed by atoms with Gasteiger partial charge in [-0.2, -0.15) is 0 Å². The van der Waals surface area contributed by atoms with E-state index in [0.717, 1.165) is 24.0 Å². The summed E-state index contributed by atoms with van der Waals surface area (Å²) >= 11 is 0. The molecule has 108 valence electrons. The van der Waals surface area contributed by atoms with Crippen LogP contribution >= 0.6 is 0 Å². The molecule has 2 rings (SSSR count). The predicted octanol–water partition coefficient (Wildman–Crippen LogP) is 2.27. The first-order valence-electron chi connectivity index (χ1n) is 6.83. The molecule has 0 saturated carbocycles. The highest BCUT2D eigenvalue weighted by molar-refractivity contribution is 5.81. The number of ether oxygens (including phenoxy) is 1. The van der Waals surface area contributed by atoms with Crippen molar-refractivity contribution >= 4 is 11.9 Å². The molecule has 1 unspecified atom stereocenters. The van der Waals surface area contributed by atoms with Gasteiger partial charge in [0.05, 0.1) is 19.1 Å². The Kier molecular flexibility index (Phi) is 4.71. The molecule has 0 radical (unpaired) electrons. The number of halogens is 1. The molecule has 0 aromatic heterocycles. The summed E-state index contributed by atoms with van der Waals surface area (Å²) in [6, 6.07) is 4.55. The fraction of sp³-hybridized carbons (Fsp3) is 0.467. The number of aryl methyl sites for hydroxylation is 1. The van der Waals surface area contributed by atoms with Crippen LogP contribution in [0.25, 0.3) is 0 Å². The van der Waals surface area contributed by atoms with Crippen molar-refractivity contribution in [2.45, 2.75) is 38.6 Å². The molecule has 1 aliphatic rings. The Hall–Kier alpha value is -1.91. The van der Waals surface area contributed by atoms with Gasteiger partial charge in [-0.3, -0.25) is 9.59 Å². The van der Waals surface area contributed by atoms with Gasteiger partial charge in [0.15, 0.2) is 0 Å². The van der Waals surface area contributed by atoms with E-state index in [1.54, 1.807) is 13.0 Å². The topological polar surface area (TPSA) is 55.4 Å². The number of esters is 1. The zero-order valence-corrected chi connectivity index (χ0v) is 11.4. The highest BCUT2D eigenvalue weighted by Gasteiger charge is 2.24. The van der Waals surface area contributed by atoms with E-state index in [-0.39, 0.29) is 36.6 Å². The third kappa shape index (κ3) is 3.56. The lowest BCUT2D eigenvalue weighted by molar-refractivity contribution is -0.144. The Balaban J connectivity index is 1.86. The first kappa shape index (κ1) is 14.5. The number of rotatable bonds is 5. The van der Waals surface area contributed by atoms with Gasteiger partial charge in [0.1, 0.15) is 5.82 Å². The minimum Gasteiger partial charge on any atom is -0.466 e. The molecule has 1 aromatic rings. The number of hydrogen-bond acceptors (Lipinski definition) is 3. The van der Waals surface area contributed by atoms with Crippen LogP contribution in [0, 0.1) is 5.82 Å². The lowest BCUT2D eigenvalue weighted by Crippen LogP contribution is -2.27. The van der Waals surface area contributed by atoms with Crippen LogP contribution in [-0.4, -0.2) is 18.5 Å². The lowest BCUT2D eigenvalue weighted by Gasteiger charge is -2.14. The zero-order valence-electron chi connectivity index (χ0n) is 11.4. The fourth-order valence-electron chi connectivity index (χ4n) is 2.45. The van der Waals surface area contributed by atoms with Gasteiger partial charge < -0.3 is 10.1 Å². The average Bonchev–Trinajstić information content (AvgIpc) is 2.79. The molecule has 5 heteroatoms. The van der Waals surface area contributed by atoms with Gasteiger partial charge in [-0.1, -0.05) is 6.07 Å². The number of amides is 1. The number of hydrogen-bond donors (Lipinski definition) is 1. The summed E-state index contributed by atoms with van der Waals surface area (Å²) in [5.41, 5.74) is 1.91. The van der Waals surface area contributed by atoms with Gasteiger partial charge in [0.25, 0.3) is 0 Å². The van der Waals surface area contributed by atoms with Gasteiger partial charge in [-0.05, 0) is 43.0 Å². The quantitative estimate of drug-likeness (QED) is 0.841. The number of nitrogens with one attached hydrogen (secondary N) is 1. The molecule has 1 aliphatic carbocycles. The summed E-state index contributed by atoms with van der Waals surface area (Å²) in [6.07, 6.45) is 1.73. The number of carbonyl (C=O) groups excluding carboxylic acids is 2. The standard InChI is InChI=1S/C15H18FNO3/c1-2-20-15(19)8-7-14(18)17-13-6-3-10-9-11(16)4-5-12(10)13/h4-5,9,13H,2-3,6-8H2,1H3,(H,17,18). The van der Waals surface area contributed by atoms with Crippen molar-refractivity contribution in [3.63, 3.8) is 0 Å². The first-order valence-corrected chi connectivity index (χ1v) is 6.83. The molecule has 0 bridgehead atoms. The highest BCUT2D eigenvalue weighted by Crippen LogP contribution is 2.31. The Morgan fingerprint density at radius 3 is 2.95 bits per heavy atom. The van der Waals surface area contributed by atoms with Crippen LogP contribution in [0.3, 0.4) is 0 Å². The van der Waals surface area contributed by atoms with E-state index >= 15 is 0 Å². The average molecular weight is 279 g/mol. The molecule has 0 spiro atoms. The van der Waals surface area contributed by atoms with E-state index in [0.29, 0.717) is 6.61 Å². The van der Waals surface area contributed by atoms with Crippen LogP contribution in [-0.2, 0) is 20.7 Å². The Morgan fingerprint density at radius 2 is 2.20 bits per heavy atom. The number of fused-ring (bicyclic) bond motifs is 1. The minimum absolute atomic E-state index is 0.0831. The van der Waals surface area contributed by atoms with Crippen molar-refractivity contribution in [3.05, 3.63) is 35.1 Å². The van der Waals surface area contributed by atoms with Gasteiger partial charge in [0, 0.05) is 6.42 Å². The third-order valence-electron chi connectivity index (χ3n) is 3.38. The second-order valence-corrected chi connectivity index (χ2v) is 4.81. The van der Waals surface area contributed by atoms with Crippen LogP contribution in [0.1, 0.15) is 43.4 Å². The molecule has 1 amide bonds. The smallest absolute Gasteiger partial charge is 0.306 e. The van der Waals surface area contributed by atoms with Crippen molar-refractivity contribution in [2.75, 3.05) is 6.61 Å². The van der Waals surface area contributed by atoms with Gasteiger partial charge in [-0.25, -0.2) is 4.39 Å². The van der Waals surface area contributed by atoms with Crippen molar-refractivity contribution in [1.82, 2.24) is 5.32 Å². The van der Waals surface area contributed by atoms with E-state index in [9.17, 15) is 14.0 Å². The fourth-order valence-corrected chi connectivity index (χ4v) is 2.45. The second kappa shape index (κ2) is 6.50. The molecule has 0 heterocycles. The molecule has 1 N–H and O–H groups in total. The zero-order chi connectivity index (χ0) is 14.5. The maximum atomic E-state index is 13.1. The Labute approximate surface area is 117 Å². The minimum atomic E-state index is -0.364. The third-order valence-corrected chi connectivity index (χ3v) is 3.38. The lowest BCUT2D eigenvalue weighted by atomic mass is 10.1. The summed E-state index contributed by atoms with van der Waals surface area (Å²) < 4.78 is 17.9. The SMILES string of the molecule is CCOC(=O)CCC(=O)NC1CCc2cc(F)ccc21. The summed E-state index contributed by atoms with van der Waals surface area (Å²) in [5.74, 6) is -0.796. The van der Waals surface area contributed by atoms with Crippen molar-refractivity contribution in [1.29, 1.82) is 0 Å². The Morgan fingerprint density at radius 1 is 1.40 bits per heavy atom. The molecule has 1 aromatic carbocycles. The van der Waals surface area contributed by atoms with E-state index in [1.807, 2.05) is 0 Å². The number of carbonyl (C=O) groups is 2. The number of benzene rings is 1. The van der Waals surface area contributed by atoms with E-state index < -0.39 is 0 Å². The normalized spacial score (nSPS) is 16.6. The maximum absolute atomic E-state index is 13.1. The molecular formula is C15H18FNO3. The van der Waals surface area contributed by atoms with Gasteiger partial charge in [-0.15, -0.1) is 0 Å².